The lowest BCUT2D eigenvalue weighted by Gasteiger charge is -2.18. The molecule has 17 rings (SSSR count). The summed E-state index contributed by atoms with van der Waals surface area (Å²) >= 11 is 0. The molecular weight excluding hydrogens is 1080 g/mol. The number of hydrogen-bond acceptors (Lipinski definition) is 4. The van der Waals surface area contributed by atoms with Crippen molar-refractivity contribution in [3.05, 3.63) is 319 Å². The van der Waals surface area contributed by atoms with E-state index in [1.807, 2.05) is 6.07 Å². The first kappa shape index (κ1) is 51.7. The zero-order valence-electron chi connectivity index (χ0n) is 48.6. The summed E-state index contributed by atoms with van der Waals surface area (Å²) in [6.07, 6.45) is 4.43. The van der Waals surface area contributed by atoms with Crippen LogP contribution in [0.25, 0.3) is 163 Å². The highest BCUT2D eigenvalue weighted by molar-refractivity contribution is 6.04. The molecule has 0 fully saturated rings. The van der Waals surface area contributed by atoms with Gasteiger partial charge in [0.1, 0.15) is 5.82 Å². The van der Waals surface area contributed by atoms with Gasteiger partial charge in [0.05, 0.1) is 11.0 Å². The molecule has 13 aromatic carbocycles. The maximum Gasteiger partial charge on any atom is 0.164 e. The van der Waals surface area contributed by atoms with Crippen molar-refractivity contribution in [3.63, 3.8) is 0 Å². The normalized spacial score (nSPS) is 12.2. The van der Waals surface area contributed by atoms with Gasteiger partial charge in [-0.05, 0) is 153 Å². The Morgan fingerprint density at radius 1 is 0.292 bits per heavy atom. The van der Waals surface area contributed by atoms with E-state index in [0.717, 1.165) is 85.1 Å². The summed E-state index contributed by atoms with van der Waals surface area (Å²) < 4.78 is 2.27. The molecule has 2 heterocycles. The predicted molar refractivity (Wildman–Crippen MR) is 367 cm³/mol. The van der Waals surface area contributed by atoms with Gasteiger partial charge in [-0.3, -0.25) is 4.57 Å². The molecule has 2 aromatic heterocycles. The van der Waals surface area contributed by atoms with Crippen LogP contribution in [0.3, 0.4) is 0 Å². The second-order valence-corrected chi connectivity index (χ2v) is 23.1. The van der Waals surface area contributed by atoms with E-state index in [-0.39, 0.29) is 0 Å². The first-order valence-electron chi connectivity index (χ1n) is 30.6. The molecule has 0 atom stereocenters. The number of para-hydroxylation sites is 3. The summed E-state index contributed by atoms with van der Waals surface area (Å²) in [6.45, 7) is 0. The fourth-order valence-corrected chi connectivity index (χ4v) is 13.7. The Balaban J connectivity index is 0.693. The molecular formula is C84H55N5. The number of hydrogen-bond donors (Lipinski definition) is 0. The quantitative estimate of drug-likeness (QED) is 0.129. The largest absolute Gasteiger partial charge is 0.292 e. The van der Waals surface area contributed by atoms with E-state index in [1.54, 1.807) is 0 Å². The lowest BCUT2D eigenvalue weighted by atomic mass is 9.85. The molecule has 416 valence electrons. The molecule has 0 unspecified atom stereocenters. The zero-order valence-corrected chi connectivity index (χ0v) is 48.6. The second-order valence-electron chi connectivity index (χ2n) is 23.1. The maximum absolute atomic E-state index is 5.18. The topological polar surface area (TPSA) is 56.5 Å². The summed E-state index contributed by atoms with van der Waals surface area (Å²) in [5.41, 5.74) is 26.8. The fraction of sp³-hybridized carbons (Fsp3) is 0.0238. The van der Waals surface area contributed by atoms with Gasteiger partial charge >= 0.3 is 0 Å². The van der Waals surface area contributed by atoms with Gasteiger partial charge in [0, 0.05) is 27.9 Å². The third-order valence-electron chi connectivity index (χ3n) is 18.0. The Hall–Kier alpha value is -11.7. The number of aromatic nitrogens is 5. The molecule has 2 aliphatic carbocycles. The van der Waals surface area contributed by atoms with Crippen molar-refractivity contribution >= 4 is 33.5 Å². The summed E-state index contributed by atoms with van der Waals surface area (Å²) in [6, 6.07) is 109. The fourth-order valence-electron chi connectivity index (χ4n) is 13.7. The van der Waals surface area contributed by atoms with Gasteiger partial charge in [-0.2, -0.15) is 0 Å². The third kappa shape index (κ3) is 9.18. The molecule has 5 nitrogen and oxygen atoms in total. The van der Waals surface area contributed by atoms with E-state index < -0.39 is 0 Å². The van der Waals surface area contributed by atoms with Crippen molar-refractivity contribution in [2.75, 3.05) is 0 Å². The zero-order chi connectivity index (χ0) is 58.8. The van der Waals surface area contributed by atoms with E-state index in [9.17, 15) is 0 Å². The molecule has 5 heteroatoms. The summed E-state index contributed by atoms with van der Waals surface area (Å²) in [5, 5.41) is 4.94. The van der Waals surface area contributed by atoms with Crippen LogP contribution in [-0.4, -0.2) is 24.5 Å². The van der Waals surface area contributed by atoms with Crippen LogP contribution < -0.4 is 10.4 Å². The lowest BCUT2D eigenvalue weighted by molar-refractivity contribution is 1.08. The van der Waals surface area contributed by atoms with Crippen molar-refractivity contribution in [1.82, 2.24) is 24.5 Å². The van der Waals surface area contributed by atoms with Gasteiger partial charge in [0.15, 0.2) is 17.5 Å². The van der Waals surface area contributed by atoms with Gasteiger partial charge in [0.25, 0.3) is 0 Å². The number of benzene rings is 13. The highest BCUT2D eigenvalue weighted by atomic mass is 15.1. The van der Waals surface area contributed by atoms with E-state index in [2.05, 4.69) is 308 Å². The van der Waals surface area contributed by atoms with Crippen LogP contribution in [-0.2, 0) is 0 Å². The summed E-state index contributed by atoms with van der Waals surface area (Å²) in [4.78, 5) is 20.6. The maximum atomic E-state index is 5.18. The number of nitrogens with zero attached hydrogens (tertiary/aromatic N) is 5. The number of fused-ring (bicyclic) bond motifs is 5. The molecule has 89 heavy (non-hydrogen) atoms. The average molecular weight is 1130 g/mol. The van der Waals surface area contributed by atoms with Crippen molar-refractivity contribution < 1.29 is 0 Å². The van der Waals surface area contributed by atoms with E-state index in [1.165, 1.54) is 82.8 Å². The smallest absolute Gasteiger partial charge is 0.164 e. The van der Waals surface area contributed by atoms with Crippen LogP contribution in [0.15, 0.2) is 303 Å². The van der Waals surface area contributed by atoms with Gasteiger partial charge in [-0.15, -0.1) is 0 Å². The Morgan fingerprint density at radius 2 is 0.764 bits per heavy atom. The molecule has 0 radical (unpaired) electrons. The van der Waals surface area contributed by atoms with Crippen molar-refractivity contribution in [3.8, 4) is 129 Å². The van der Waals surface area contributed by atoms with Crippen LogP contribution in [0.2, 0.25) is 0 Å². The Labute approximate surface area is 516 Å². The van der Waals surface area contributed by atoms with Gasteiger partial charge in [-0.1, -0.05) is 279 Å². The van der Waals surface area contributed by atoms with Crippen LogP contribution in [0.4, 0.5) is 0 Å². The third-order valence-corrected chi connectivity index (χ3v) is 18.0. The van der Waals surface area contributed by atoms with Crippen molar-refractivity contribution in [2.24, 2.45) is 0 Å². The Bertz CT molecular complexity index is 5360. The van der Waals surface area contributed by atoms with Crippen LogP contribution >= 0.6 is 0 Å². The minimum absolute atomic E-state index is 0.627. The molecule has 0 bridgehead atoms. The SMILES string of the molecule is C1=c2c(-c3ccc(-c4nc5ccccc5n4-c4ccccc4)cc3)ccc3c2=C(CC1)c1c(-c2cccc(-c4ccc(-c5ccc(-c6nc(-c7ccc(-c8ccccc8)cc7)nc(-c7cccc8ccccc78)n6)cc5)cc4)c2)ccc(-c2ccccc2)c1-3. The standard InChI is InChI=1S/C84H55N5/c1-4-17-54(18-5-1)55-37-43-62(44-38-55)81-86-82(88-83(87-81)73-29-15-22-59-21-10-11-27-68(59)73)63-45-39-57(40-46-63)56-33-35-58(36-34-56)65-23-14-24-66(53-65)71-51-50-70(60-19-6-2-7-20-60)79-75-52-49-69(72-28-16-30-74(78(72)75)80(71)79)61-41-47-64(48-42-61)84-85-76-31-12-13-32-77(76)89(84)67-25-8-3-9-26-67/h1-15,17-29,31-53H,16,30H2. The van der Waals surface area contributed by atoms with Crippen molar-refractivity contribution in [2.45, 2.75) is 12.8 Å². The Morgan fingerprint density at radius 3 is 1.46 bits per heavy atom. The first-order chi connectivity index (χ1) is 44.1. The van der Waals surface area contributed by atoms with Gasteiger partial charge in [-0.25, -0.2) is 19.9 Å². The molecule has 0 spiro atoms. The minimum atomic E-state index is 0.627. The number of imidazole rings is 1. The molecule has 2 aliphatic rings. The van der Waals surface area contributed by atoms with Crippen LogP contribution in [0.1, 0.15) is 18.4 Å². The molecule has 0 amide bonds. The predicted octanol–water partition coefficient (Wildman–Crippen LogP) is 19.8. The molecule has 0 aliphatic heterocycles. The Kier molecular flexibility index (Phi) is 12.6. The lowest BCUT2D eigenvalue weighted by Crippen LogP contribution is -2.31. The van der Waals surface area contributed by atoms with E-state index >= 15 is 0 Å². The second kappa shape index (κ2) is 21.7. The summed E-state index contributed by atoms with van der Waals surface area (Å²) in [7, 11) is 0. The van der Waals surface area contributed by atoms with E-state index in [4.69, 9.17) is 19.9 Å². The highest BCUT2D eigenvalue weighted by Gasteiger charge is 2.30. The van der Waals surface area contributed by atoms with Crippen LogP contribution in [0.5, 0.6) is 0 Å². The van der Waals surface area contributed by atoms with E-state index in [0.29, 0.717) is 17.5 Å². The average Bonchev–Trinajstić information content (AvgIpc) is 1.60. The van der Waals surface area contributed by atoms with Crippen molar-refractivity contribution in [1.29, 1.82) is 0 Å². The number of rotatable bonds is 11. The monoisotopic (exact) mass is 1130 g/mol. The first-order valence-corrected chi connectivity index (χ1v) is 30.6. The molecule has 0 N–H and O–H groups in total. The summed E-state index contributed by atoms with van der Waals surface area (Å²) in [5.74, 6) is 2.83. The molecule has 15 aromatic rings. The van der Waals surface area contributed by atoms with Gasteiger partial charge in [0.2, 0.25) is 0 Å². The van der Waals surface area contributed by atoms with Crippen LogP contribution in [0, 0.1) is 0 Å². The molecule has 0 saturated heterocycles. The minimum Gasteiger partial charge on any atom is -0.292 e. The molecule has 0 saturated carbocycles. The highest BCUT2D eigenvalue weighted by Crippen LogP contribution is 2.47. The van der Waals surface area contributed by atoms with Gasteiger partial charge < -0.3 is 0 Å².